The summed E-state index contributed by atoms with van der Waals surface area (Å²) >= 11 is 3.05. The Bertz CT molecular complexity index is 1060. The summed E-state index contributed by atoms with van der Waals surface area (Å²) in [6, 6.07) is 12.5. The predicted octanol–water partition coefficient (Wildman–Crippen LogP) is 5.40. The number of nitrogens with two attached hydrogens (primary N) is 1. The van der Waals surface area contributed by atoms with E-state index < -0.39 is 11.6 Å². The van der Waals surface area contributed by atoms with Crippen LogP contribution in [0, 0.1) is 18.6 Å². The van der Waals surface area contributed by atoms with E-state index in [0.717, 1.165) is 22.0 Å². The fourth-order valence-electron chi connectivity index (χ4n) is 2.35. The van der Waals surface area contributed by atoms with E-state index in [-0.39, 0.29) is 5.91 Å². The Labute approximate surface area is 156 Å². The Morgan fingerprint density at radius 1 is 1.08 bits per heavy atom. The lowest BCUT2D eigenvalue weighted by Crippen LogP contribution is -2.07. The number of carbonyl (C=O) groups is 1. The molecule has 7 heteroatoms. The minimum Gasteiger partial charge on any atom is -0.365 e. The van der Waals surface area contributed by atoms with Gasteiger partial charge in [0, 0.05) is 10.9 Å². The van der Waals surface area contributed by atoms with E-state index in [0.29, 0.717) is 4.88 Å². The Morgan fingerprint density at radius 3 is 2.38 bits per heavy atom. The van der Waals surface area contributed by atoms with Crippen molar-refractivity contribution in [2.45, 2.75) is 6.92 Å². The molecule has 3 nitrogen and oxygen atoms in total. The van der Waals surface area contributed by atoms with Crippen LogP contribution in [0.2, 0.25) is 0 Å². The zero-order chi connectivity index (χ0) is 18.7. The first-order valence-corrected chi connectivity index (χ1v) is 9.28. The van der Waals surface area contributed by atoms with Crippen LogP contribution >= 0.6 is 22.7 Å². The fourth-order valence-corrected chi connectivity index (χ4v) is 4.04. The molecule has 0 radical (unpaired) electrons. The third-order valence-corrected chi connectivity index (χ3v) is 5.50. The van der Waals surface area contributed by atoms with Crippen LogP contribution in [0.4, 0.5) is 8.78 Å². The van der Waals surface area contributed by atoms with Crippen LogP contribution in [-0.4, -0.2) is 10.9 Å². The van der Waals surface area contributed by atoms with E-state index in [1.807, 2.05) is 11.6 Å². The largest absolute Gasteiger partial charge is 0.365 e. The van der Waals surface area contributed by atoms with E-state index in [1.165, 1.54) is 39.8 Å². The van der Waals surface area contributed by atoms with Gasteiger partial charge >= 0.3 is 0 Å². The van der Waals surface area contributed by atoms with E-state index in [1.54, 1.807) is 17.4 Å². The molecule has 4 aromatic rings. The molecular formula is C19H14F2N2OS2. The van der Waals surface area contributed by atoms with Crippen molar-refractivity contribution >= 4 is 38.8 Å². The number of hydrogen-bond donors (Lipinski definition) is 1. The number of halogens is 2. The van der Waals surface area contributed by atoms with E-state index in [9.17, 15) is 13.6 Å². The highest BCUT2D eigenvalue weighted by atomic mass is 32.1. The SMILES string of the molecule is Cc1cc2scnc2cc1-c1ccc(C(N)=O)s1.Fc1cccc(F)c1. The Balaban J connectivity index is 0.000000206. The molecule has 0 atom stereocenters. The van der Waals surface area contributed by atoms with Crippen LogP contribution in [0.25, 0.3) is 20.7 Å². The predicted molar refractivity (Wildman–Crippen MR) is 103 cm³/mol. The van der Waals surface area contributed by atoms with Crippen LogP contribution in [-0.2, 0) is 0 Å². The third-order valence-electron chi connectivity index (χ3n) is 3.58. The number of rotatable bonds is 2. The molecule has 0 spiro atoms. The molecule has 2 aromatic heterocycles. The van der Waals surface area contributed by atoms with Crippen molar-refractivity contribution in [3.8, 4) is 10.4 Å². The number of thiophene rings is 1. The summed E-state index contributed by atoms with van der Waals surface area (Å²) in [5, 5.41) is 0. The summed E-state index contributed by atoms with van der Waals surface area (Å²) in [6.45, 7) is 2.07. The van der Waals surface area contributed by atoms with Gasteiger partial charge in [0.25, 0.3) is 5.91 Å². The number of amides is 1. The van der Waals surface area contributed by atoms with Gasteiger partial charge in [-0.25, -0.2) is 13.8 Å². The molecule has 0 bridgehead atoms. The first-order valence-electron chi connectivity index (χ1n) is 7.59. The molecule has 4 rings (SSSR count). The van der Waals surface area contributed by atoms with E-state index in [2.05, 4.69) is 24.0 Å². The van der Waals surface area contributed by atoms with Crippen molar-refractivity contribution in [3.63, 3.8) is 0 Å². The van der Waals surface area contributed by atoms with Gasteiger partial charge in [-0.3, -0.25) is 4.79 Å². The van der Waals surface area contributed by atoms with Crippen molar-refractivity contribution in [1.29, 1.82) is 0 Å². The first-order chi connectivity index (χ1) is 12.4. The second-order valence-corrected chi connectivity index (χ2v) is 7.43. The van der Waals surface area contributed by atoms with Crippen molar-refractivity contribution in [1.82, 2.24) is 4.98 Å². The number of fused-ring (bicyclic) bond motifs is 1. The van der Waals surface area contributed by atoms with Crippen molar-refractivity contribution in [3.05, 3.63) is 76.1 Å². The highest BCUT2D eigenvalue weighted by Crippen LogP contribution is 2.33. The quantitative estimate of drug-likeness (QED) is 0.500. The number of carbonyl (C=O) groups excluding carboxylic acids is 1. The summed E-state index contributed by atoms with van der Waals surface area (Å²) in [7, 11) is 0. The van der Waals surface area contributed by atoms with Crippen molar-refractivity contribution in [2.24, 2.45) is 5.73 Å². The van der Waals surface area contributed by atoms with Crippen molar-refractivity contribution < 1.29 is 13.6 Å². The Morgan fingerprint density at radius 2 is 1.81 bits per heavy atom. The summed E-state index contributed by atoms with van der Waals surface area (Å²) in [6.07, 6.45) is 0. The van der Waals surface area contributed by atoms with Crippen LogP contribution in [0.5, 0.6) is 0 Å². The molecular weight excluding hydrogens is 374 g/mol. The lowest BCUT2D eigenvalue weighted by atomic mass is 10.1. The first kappa shape index (κ1) is 18.2. The minimum absolute atomic E-state index is 0.376. The molecule has 2 heterocycles. The molecule has 0 saturated carbocycles. The number of thiazole rings is 1. The number of aromatic nitrogens is 1. The maximum Gasteiger partial charge on any atom is 0.258 e. The van der Waals surface area contributed by atoms with Gasteiger partial charge in [-0.05, 0) is 54.4 Å². The molecule has 0 aliphatic heterocycles. The van der Waals surface area contributed by atoms with Crippen LogP contribution in [0.1, 0.15) is 15.2 Å². The van der Waals surface area contributed by atoms with Gasteiger partial charge in [0.2, 0.25) is 0 Å². The molecule has 0 aliphatic carbocycles. The average molecular weight is 388 g/mol. The highest BCUT2D eigenvalue weighted by Gasteiger charge is 2.10. The Kier molecular flexibility index (Phi) is 5.39. The molecule has 2 N–H and O–H groups in total. The number of aryl methyl sites for hydroxylation is 1. The monoisotopic (exact) mass is 388 g/mol. The number of benzene rings is 2. The van der Waals surface area contributed by atoms with Gasteiger partial charge in [-0.1, -0.05) is 6.07 Å². The van der Waals surface area contributed by atoms with Gasteiger partial charge in [0.15, 0.2) is 0 Å². The second-order valence-electron chi connectivity index (χ2n) is 5.46. The van der Waals surface area contributed by atoms with Crippen LogP contribution in [0.3, 0.4) is 0 Å². The van der Waals surface area contributed by atoms with Gasteiger partial charge < -0.3 is 5.73 Å². The zero-order valence-corrected chi connectivity index (χ0v) is 15.3. The lowest BCUT2D eigenvalue weighted by Gasteiger charge is -2.02. The Hall–Kier alpha value is -2.64. The molecule has 0 saturated heterocycles. The normalized spacial score (nSPS) is 10.4. The van der Waals surface area contributed by atoms with Gasteiger partial charge in [-0.2, -0.15) is 0 Å². The number of hydrogen-bond acceptors (Lipinski definition) is 4. The third kappa shape index (κ3) is 4.12. The number of nitrogens with zero attached hydrogens (tertiary/aromatic N) is 1. The molecule has 132 valence electrons. The second kappa shape index (κ2) is 7.72. The molecule has 2 aromatic carbocycles. The van der Waals surface area contributed by atoms with Crippen LogP contribution < -0.4 is 5.73 Å². The lowest BCUT2D eigenvalue weighted by molar-refractivity contribution is 0.100. The van der Waals surface area contributed by atoms with E-state index in [4.69, 9.17) is 5.73 Å². The smallest absolute Gasteiger partial charge is 0.258 e. The molecule has 0 unspecified atom stereocenters. The topological polar surface area (TPSA) is 56.0 Å². The maximum atomic E-state index is 11.9. The minimum atomic E-state index is -0.537. The van der Waals surface area contributed by atoms with E-state index >= 15 is 0 Å². The van der Waals surface area contributed by atoms with Crippen molar-refractivity contribution in [2.75, 3.05) is 0 Å². The average Bonchev–Trinajstić information content (AvgIpc) is 3.23. The summed E-state index contributed by atoms with van der Waals surface area (Å²) in [5.74, 6) is -1.45. The van der Waals surface area contributed by atoms with Gasteiger partial charge in [-0.15, -0.1) is 22.7 Å². The molecule has 0 fully saturated rings. The van der Waals surface area contributed by atoms with Gasteiger partial charge in [0.05, 0.1) is 20.6 Å². The summed E-state index contributed by atoms with van der Waals surface area (Å²) in [4.78, 5) is 17.1. The van der Waals surface area contributed by atoms with Crippen LogP contribution in [0.15, 0.2) is 54.0 Å². The highest BCUT2D eigenvalue weighted by molar-refractivity contribution is 7.17. The zero-order valence-electron chi connectivity index (χ0n) is 13.7. The maximum absolute atomic E-state index is 11.9. The molecule has 0 aliphatic rings. The molecule has 26 heavy (non-hydrogen) atoms. The van der Waals surface area contributed by atoms with Gasteiger partial charge in [0.1, 0.15) is 11.6 Å². The summed E-state index contributed by atoms with van der Waals surface area (Å²) in [5.41, 5.74) is 10.4. The fraction of sp³-hybridized carbons (Fsp3) is 0.0526. The standard InChI is InChI=1S/C13H10N2OS2.C6H4F2/c1-7-4-12-9(15-6-17-12)5-8(7)10-2-3-11(18-10)13(14)16;7-5-2-1-3-6(8)4-5/h2-6H,1H3,(H2,14,16);1-4H. The number of primary amides is 1. The summed E-state index contributed by atoms with van der Waals surface area (Å²) < 4.78 is 25.0. The molecule has 1 amide bonds.